The number of anilines is 1. The molecule has 0 amide bonds. The van der Waals surface area contributed by atoms with Crippen LogP contribution in [0.3, 0.4) is 0 Å². The molecule has 0 saturated carbocycles. The maximum atomic E-state index is 11.6. The van der Waals surface area contributed by atoms with Crippen molar-refractivity contribution in [2.75, 3.05) is 11.4 Å². The van der Waals surface area contributed by atoms with Crippen molar-refractivity contribution in [3.05, 3.63) is 22.7 Å². The van der Waals surface area contributed by atoms with E-state index in [1.165, 1.54) is 0 Å². The van der Waals surface area contributed by atoms with Crippen LogP contribution in [0.1, 0.15) is 26.2 Å². The minimum absolute atomic E-state index is 0.391. The summed E-state index contributed by atoms with van der Waals surface area (Å²) in [5.74, 6) is -0.833. The summed E-state index contributed by atoms with van der Waals surface area (Å²) in [6.45, 7) is 2.38. The van der Waals surface area contributed by atoms with E-state index >= 15 is 0 Å². The number of aromatic nitrogens is 1. The number of benzene rings is 1. The maximum Gasteiger partial charge on any atom is 0.329 e. The molecule has 5 nitrogen and oxygen atoms in total. The average molecular weight is 339 g/mol. The highest BCUT2D eigenvalue weighted by molar-refractivity contribution is 9.10. The van der Waals surface area contributed by atoms with Gasteiger partial charge in [-0.15, -0.1) is 0 Å². The van der Waals surface area contributed by atoms with Gasteiger partial charge in [0.1, 0.15) is 11.1 Å². The van der Waals surface area contributed by atoms with Crippen LogP contribution in [0.5, 0.6) is 0 Å². The molecule has 1 aliphatic rings. The Kier molecular flexibility index (Phi) is 3.20. The van der Waals surface area contributed by atoms with Crippen LogP contribution < -0.4 is 4.90 Å². The number of nitrogens with zero attached hydrogens (tertiary/aromatic N) is 2. The number of carboxylic acids is 1. The first kappa shape index (κ1) is 13.4. The first-order valence-corrected chi connectivity index (χ1v) is 7.37. The number of rotatable bonds is 2. The predicted molar refractivity (Wildman–Crippen MR) is 78.9 cm³/mol. The molecule has 1 atom stereocenters. The van der Waals surface area contributed by atoms with Crippen molar-refractivity contribution in [3.8, 4) is 0 Å². The number of aliphatic carboxylic acids is 1. The van der Waals surface area contributed by atoms with E-state index < -0.39 is 11.5 Å². The molecule has 0 spiro atoms. The molecule has 1 N–H and O–H groups in total. The van der Waals surface area contributed by atoms with E-state index in [1.54, 1.807) is 11.8 Å². The molecule has 6 heteroatoms. The fraction of sp³-hybridized carbons (Fsp3) is 0.429. The fourth-order valence-corrected chi connectivity index (χ4v) is 2.99. The van der Waals surface area contributed by atoms with Crippen molar-refractivity contribution in [2.45, 2.75) is 31.7 Å². The highest BCUT2D eigenvalue weighted by Crippen LogP contribution is 2.34. The Morgan fingerprint density at radius 2 is 2.30 bits per heavy atom. The second-order valence-electron chi connectivity index (χ2n) is 5.30. The molecule has 1 saturated heterocycles. The fourth-order valence-electron chi connectivity index (χ4n) is 2.65. The molecule has 106 valence electrons. The number of carbonyl (C=O) groups is 1. The van der Waals surface area contributed by atoms with Gasteiger partial charge >= 0.3 is 5.97 Å². The van der Waals surface area contributed by atoms with Crippen molar-refractivity contribution in [2.24, 2.45) is 0 Å². The van der Waals surface area contributed by atoms with Crippen molar-refractivity contribution in [3.63, 3.8) is 0 Å². The minimum Gasteiger partial charge on any atom is -0.480 e. The van der Waals surface area contributed by atoms with Gasteiger partial charge in [0.25, 0.3) is 6.01 Å². The third-order valence-electron chi connectivity index (χ3n) is 3.92. The first-order chi connectivity index (χ1) is 9.50. The van der Waals surface area contributed by atoms with Crippen molar-refractivity contribution in [1.29, 1.82) is 0 Å². The van der Waals surface area contributed by atoms with Crippen LogP contribution in [-0.4, -0.2) is 28.1 Å². The second-order valence-corrected chi connectivity index (χ2v) is 6.21. The highest BCUT2D eigenvalue weighted by atomic mass is 79.9. The van der Waals surface area contributed by atoms with E-state index in [9.17, 15) is 9.90 Å². The summed E-state index contributed by atoms with van der Waals surface area (Å²) in [5.41, 5.74) is 0.449. The minimum atomic E-state index is -0.948. The molecular weight excluding hydrogens is 324 g/mol. The number of fused-ring (bicyclic) bond motifs is 1. The third-order valence-corrected chi connectivity index (χ3v) is 4.42. The molecule has 1 aromatic carbocycles. The lowest BCUT2D eigenvalue weighted by Crippen LogP contribution is -2.55. The summed E-state index contributed by atoms with van der Waals surface area (Å²) < 4.78 is 6.67. The van der Waals surface area contributed by atoms with Gasteiger partial charge in [0.2, 0.25) is 0 Å². The normalized spacial score (nSPS) is 23.2. The number of hydrogen-bond donors (Lipinski definition) is 1. The van der Waals surface area contributed by atoms with Crippen molar-refractivity contribution >= 4 is 39.0 Å². The zero-order valence-corrected chi connectivity index (χ0v) is 12.7. The molecular formula is C14H15BrN2O3. The number of oxazole rings is 1. The highest BCUT2D eigenvalue weighted by Gasteiger charge is 2.43. The molecule has 1 fully saturated rings. The molecule has 2 aromatic rings. The van der Waals surface area contributed by atoms with Crippen molar-refractivity contribution < 1.29 is 14.3 Å². The Morgan fingerprint density at radius 3 is 3.05 bits per heavy atom. The molecule has 0 bridgehead atoms. The van der Waals surface area contributed by atoms with Crippen LogP contribution in [0, 0.1) is 0 Å². The lowest BCUT2D eigenvalue weighted by molar-refractivity contribution is -0.143. The average Bonchev–Trinajstić information content (AvgIpc) is 2.81. The monoisotopic (exact) mass is 338 g/mol. The molecule has 1 aliphatic heterocycles. The Morgan fingerprint density at radius 1 is 1.50 bits per heavy atom. The van der Waals surface area contributed by atoms with Gasteiger partial charge in [0.15, 0.2) is 5.58 Å². The molecule has 1 aromatic heterocycles. The van der Waals surface area contributed by atoms with E-state index in [1.807, 2.05) is 18.2 Å². The van der Waals surface area contributed by atoms with Gasteiger partial charge in [0.05, 0.1) is 0 Å². The summed E-state index contributed by atoms with van der Waals surface area (Å²) >= 11 is 3.39. The lowest BCUT2D eigenvalue weighted by atomic mass is 9.89. The summed E-state index contributed by atoms with van der Waals surface area (Å²) in [5, 5.41) is 9.53. The van der Waals surface area contributed by atoms with Crippen LogP contribution in [0.15, 0.2) is 27.1 Å². The third kappa shape index (κ3) is 2.08. The zero-order chi connectivity index (χ0) is 14.3. The van der Waals surface area contributed by atoms with Crippen LogP contribution in [0.2, 0.25) is 0 Å². The first-order valence-electron chi connectivity index (χ1n) is 6.58. The van der Waals surface area contributed by atoms with Crippen LogP contribution >= 0.6 is 15.9 Å². The van der Waals surface area contributed by atoms with Gasteiger partial charge in [-0.3, -0.25) is 0 Å². The van der Waals surface area contributed by atoms with Crippen LogP contribution in [0.4, 0.5) is 6.01 Å². The van der Waals surface area contributed by atoms with Crippen molar-refractivity contribution in [1.82, 2.24) is 4.98 Å². The Labute approximate surface area is 124 Å². The molecule has 20 heavy (non-hydrogen) atoms. The summed E-state index contributed by atoms with van der Waals surface area (Å²) in [4.78, 5) is 17.8. The van der Waals surface area contributed by atoms with Gasteiger partial charge in [-0.05, 0) is 44.4 Å². The van der Waals surface area contributed by atoms with Gasteiger partial charge in [-0.2, -0.15) is 4.98 Å². The number of halogens is 1. The predicted octanol–water partition coefficient (Wildman–Crippen LogP) is 3.42. The largest absolute Gasteiger partial charge is 0.480 e. The van der Waals surface area contributed by atoms with Crippen LogP contribution in [0.25, 0.3) is 11.1 Å². The smallest absolute Gasteiger partial charge is 0.329 e. The molecule has 2 heterocycles. The van der Waals surface area contributed by atoms with Gasteiger partial charge in [0, 0.05) is 11.0 Å². The van der Waals surface area contributed by atoms with E-state index in [0.29, 0.717) is 24.6 Å². The standard InChI is InChI=1S/C14H15BrN2O3/c1-14(12(18)19)6-2-3-7-17(14)13-16-10-5-4-9(15)8-11(10)20-13/h4-5,8H,2-3,6-7H2,1H3,(H,18,19)/t14-/m0/s1. The van der Waals surface area contributed by atoms with E-state index in [2.05, 4.69) is 20.9 Å². The molecule has 3 rings (SSSR count). The lowest BCUT2D eigenvalue weighted by Gasteiger charge is -2.40. The second kappa shape index (κ2) is 4.77. The maximum absolute atomic E-state index is 11.6. The number of carboxylic acid groups (broad SMARTS) is 1. The Bertz CT molecular complexity index is 669. The zero-order valence-electron chi connectivity index (χ0n) is 11.1. The topological polar surface area (TPSA) is 66.6 Å². The quantitative estimate of drug-likeness (QED) is 0.908. The van der Waals surface area contributed by atoms with Gasteiger partial charge in [-0.25, -0.2) is 4.79 Å². The number of piperidine rings is 1. The number of hydrogen-bond acceptors (Lipinski definition) is 4. The van der Waals surface area contributed by atoms with E-state index in [-0.39, 0.29) is 0 Å². The molecule has 0 unspecified atom stereocenters. The Balaban J connectivity index is 2.06. The SMILES string of the molecule is C[C@@]1(C(=O)O)CCCCN1c1nc2ccc(Br)cc2o1. The van der Waals surface area contributed by atoms with E-state index in [4.69, 9.17) is 4.42 Å². The van der Waals surface area contributed by atoms with E-state index in [0.717, 1.165) is 22.8 Å². The Hall–Kier alpha value is -1.56. The summed E-state index contributed by atoms with van der Waals surface area (Å²) in [7, 11) is 0. The summed E-state index contributed by atoms with van der Waals surface area (Å²) in [6, 6.07) is 5.98. The van der Waals surface area contributed by atoms with Gasteiger partial charge in [-0.1, -0.05) is 15.9 Å². The summed E-state index contributed by atoms with van der Waals surface area (Å²) in [6.07, 6.45) is 2.46. The molecule has 0 radical (unpaired) electrons. The van der Waals surface area contributed by atoms with Crippen LogP contribution in [-0.2, 0) is 4.79 Å². The van der Waals surface area contributed by atoms with Gasteiger partial charge < -0.3 is 14.4 Å². The molecule has 0 aliphatic carbocycles.